The van der Waals surface area contributed by atoms with E-state index in [2.05, 4.69) is 5.32 Å². The van der Waals surface area contributed by atoms with Gasteiger partial charge in [-0.2, -0.15) is 0 Å². The highest BCUT2D eigenvalue weighted by molar-refractivity contribution is 5.95. The molecule has 144 valence electrons. The number of rotatable bonds is 8. The summed E-state index contributed by atoms with van der Waals surface area (Å²) in [4.78, 5) is 23.8. The van der Waals surface area contributed by atoms with Crippen LogP contribution in [0.25, 0.3) is 0 Å². The summed E-state index contributed by atoms with van der Waals surface area (Å²) in [5.41, 5.74) is 0.791. The zero-order chi connectivity index (χ0) is 20.0. The van der Waals surface area contributed by atoms with Crippen LogP contribution in [0.2, 0.25) is 0 Å². The highest BCUT2D eigenvalue weighted by Gasteiger charge is 2.20. The molecule has 6 nitrogen and oxygen atoms in total. The van der Waals surface area contributed by atoms with Gasteiger partial charge in [-0.3, -0.25) is 9.59 Å². The number of benzene rings is 2. The Labute approximate surface area is 156 Å². The van der Waals surface area contributed by atoms with E-state index in [4.69, 9.17) is 14.6 Å². The number of carboxylic acid groups (broad SMARTS) is 1. The predicted molar refractivity (Wildman–Crippen MR) is 97.6 cm³/mol. The molecule has 0 saturated carbocycles. The third kappa shape index (κ3) is 5.70. The van der Waals surface area contributed by atoms with Gasteiger partial charge < -0.3 is 19.9 Å². The fourth-order valence-electron chi connectivity index (χ4n) is 2.52. The van der Waals surface area contributed by atoms with Crippen LogP contribution < -0.4 is 14.8 Å². The molecule has 0 fully saturated rings. The molecule has 0 aromatic heterocycles. The first-order valence-electron chi connectivity index (χ1n) is 8.43. The molecule has 7 heteroatoms. The Kier molecular flexibility index (Phi) is 6.76. The van der Waals surface area contributed by atoms with Crippen LogP contribution in [0, 0.1) is 5.82 Å². The minimum Gasteiger partial charge on any atom is -0.493 e. The highest BCUT2D eigenvalue weighted by atomic mass is 19.1. The lowest BCUT2D eigenvalue weighted by Crippen LogP contribution is -2.30. The molecule has 0 aliphatic heterocycles. The Balaban J connectivity index is 2.23. The van der Waals surface area contributed by atoms with Crippen molar-refractivity contribution in [1.29, 1.82) is 0 Å². The smallest absolute Gasteiger partial charge is 0.305 e. The number of methoxy groups -OCH3 is 1. The molecule has 2 aromatic rings. The number of carbonyl (C=O) groups is 2. The predicted octanol–water partition coefficient (Wildman–Crippen LogP) is 3.57. The van der Waals surface area contributed by atoms with Crippen LogP contribution in [0.15, 0.2) is 42.5 Å². The Morgan fingerprint density at radius 3 is 2.33 bits per heavy atom. The Morgan fingerprint density at radius 1 is 1.11 bits per heavy atom. The van der Waals surface area contributed by atoms with Gasteiger partial charge in [-0.15, -0.1) is 0 Å². The van der Waals surface area contributed by atoms with Crippen LogP contribution in [0.5, 0.6) is 11.5 Å². The first-order valence-corrected chi connectivity index (χ1v) is 8.43. The molecule has 0 saturated heterocycles. The molecule has 0 aliphatic rings. The molecule has 0 aliphatic carbocycles. The van der Waals surface area contributed by atoms with E-state index in [9.17, 15) is 14.0 Å². The summed E-state index contributed by atoms with van der Waals surface area (Å²) in [6.45, 7) is 3.75. The summed E-state index contributed by atoms with van der Waals surface area (Å²) in [7, 11) is 1.47. The number of nitrogens with one attached hydrogen (secondary N) is 1. The van der Waals surface area contributed by atoms with Crippen LogP contribution in [0.1, 0.15) is 42.2 Å². The van der Waals surface area contributed by atoms with E-state index in [-0.39, 0.29) is 12.5 Å². The van der Waals surface area contributed by atoms with Gasteiger partial charge in [0.1, 0.15) is 5.82 Å². The minimum atomic E-state index is -1.08. The fraction of sp³-hybridized carbons (Fsp3) is 0.300. The van der Waals surface area contributed by atoms with E-state index in [1.165, 1.54) is 37.4 Å². The number of hydrogen-bond donors (Lipinski definition) is 2. The summed E-state index contributed by atoms with van der Waals surface area (Å²) >= 11 is 0. The third-order valence-corrected chi connectivity index (χ3v) is 3.74. The van der Waals surface area contributed by atoms with Crippen molar-refractivity contribution in [2.24, 2.45) is 0 Å². The standard InChI is InChI=1S/C20H22FNO5/c1-12(2)27-17-9-6-14(10-18(17)26-3)20(25)22-16(11-19(23)24)13-4-7-15(21)8-5-13/h4-10,12,16H,11H2,1-3H3,(H,22,25)(H,23,24). The van der Waals surface area contributed by atoms with Crippen molar-refractivity contribution in [1.82, 2.24) is 5.32 Å². The maximum Gasteiger partial charge on any atom is 0.305 e. The number of carbonyl (C=O) groups excluding carboxylic acids is 1. The molecule has 0 radical (unpaired) electrons. The van der Waals surface area contributed by atoms with E-state index in [0.29, 0.717) is 22.6 Å². The van der Waals surface area contributed by atoms with E-state index in [0.717, 1.165) is 0 Å². The van der Waals surface area contributed by atoms with Gasteiger partial charge in [0.2, 0.25) is 0 Å². The number of amides is 1. The van der Waals surface area contributed by atoms with Crippen LogP contribution >= 0.6 is 0 Å². The van der Waals surface area contributed by atoms with Crippen molar-refractivity contribution >= 4 is 11.9 Å². The van der Waals surface area contributed by atoms with Gasteiger partial charge in [0.25, 0.3) is 5.91 Å². The highest BCUT2D eigenvalue weighted by Crippen LogP contribution is 2.29. The molecular formula is C20H22FNO5. The number of ether oxygens (including phenoxy) is 2. The Hall–Kier alpha value is -3.09. The maximum absolute atomic E-state index is 13.1. The number of aliphatic carboxylic acids is 1. The number of hydrogen-bond acceptors (Lipinski definition) is 4. The van der Waals surface area contributed by atoms with E-state index in [1.807, 2.05) is 13.8 Å². The molecule has 1 atom stereocenters. The molecule has 0 bridgehead atoms. The SMILES string of the molecule is COc1cc(C(=O)NC(CC(=O)O)c2ccc(F)cc2)ccc1OC(C)C. The second kappa shape index (κ2) is 9.02. The van der Waals surface area contributed by atoms with E-state index >= 15 is 0 Å². The van der Waals surface area contributed by atoms with E-state index < -0.39 is 23.7 Å². The molecule has 0 heterocycles. The summed E-state index contributed by atoms with van der Waals surface area (Å²) in [6.07, 6.45) is -0.389. The summed E-state index contributed by atoms with van der Waals surface area (Å²) in [6, 6.07) is 9.25. The third-order valence-electron chi connectivity index (χ3n) is 3.74. The Morgan fingerprint density at radius 2 is 1.78 bits per heavy atom. The van der Waals surface area contributed by atoms with E-state index in [1.54, 1.807) is 12.1 Å². The van der Waals surface area contributed by atoms with Gasteiger partial charge in [-0.1, -0.05) is 12.1 Å². The first kappa shape index (κ1) is 20.2. The van der Waals surface area contributed by atoms with Gasteiger partial charge >= 0.3 is 5.97 Å². The molecule has 2 rings (SSSR count). The average Bonchev–Trinajstić information content (AvgIpc) is 2.61. The quantitative estimate of drug-likeness (QED) is 0.737. The fourth-order valence-corrected chi connectivity index (χ4v) is 2.52. The van der Waals surface area contributed by atoms with Crippen LogP contribution in [-0.2, 0) is 4.79 Å². The monoisotopic (exact) mass is 375 g/mol. The largest absolute Gasteiger partial charge is 0.493 e. The second-order valence-corrected chi connectivity index (χ2v) is 6.21. The van der Waals surface area contributed by atoms with Crippen LogP contribution in [0.3, 0.4) is 0 Å². The molecule has 1 unspecified atom stereocenters. The van der Waals surface area contributed by atoms with Crippen molar-refractivity contribution in [3.05, 3.63) is 59.4 Å². The zero-order valence-electron chi connectivity index (χ0n) is 15.4. The lowest BCUT2D eigenvalue weighted by molar-refractivity contribution is -0.137. The lowest BCUT2D eigenvalue weighted by atomic mass is 10.0. The maximum atomic E-state index is 13.1. The summed E-state index contributed by atoms with van der Waals surface area (Å²) in [5, 5.41) is 11.8. The van der Waals surface area contributed by atoms with Gasteiger partial charge in [-0.05, 0) is 49.7 Å². The summed E-state index contributed by atoms with van der Waals surface area (Å²) in [5.74, 6) is -1.09. The molecular weight excluding hydrogens is 353 g/mol. The van der Waals surface area contributed by atoms with Crippen LogP contribution in [-0.4, -0.2) is 30.2 Å². The van der Waals surface area contributed by atoms with Crippen molar-refractivity contribution in [2.75, 3.05) is 7.11 Å². The summed E-state index contributed by atoms with van der Waals surface area (Å²) < 4.78 is 24.0. The molecule has 2 N–H and O–H groups in total. The van der Waals surface area contributed by atoms with Crippen molar-refractivity contribution in [3.8, 4) is 11.5 Å². The topological polar surface area (TPSA) is 84.9 Å². The second-order valence-electron chi connectivity index (χ2n) is 6.21. The lowest BCUT2D eigenvalue weighted by Gasteiger charge is -2.18. The van der Waals surface area contributed by atoms with Gasteiger partial charge in [-0.25, -0.2) is 4.39 Å². The van der Waals surface area contributed by atoms with Crippen molar-refractivity contribution in [3.63, 3.8) is 0 Å². The molecule has 0 spiro atoms. The number of carboxylic acids is 1. The molecule has 27 heavy (non-hydrogen) atoms. The first-order chi connectivity index (χ1) is 12.8. The number of halogens is 1. The molecule has 2 aromatic carbocycles. The minimum absolute atomic E-state index is 0.0583. The van der Waals surface area contributed by atoms with Gasteiger partial charge in [0.05, 0.1) is 25.7 Å². The van der Waals surface area contributed by atoms with Crippen LogP contribution in [0.4, 0.5) is 4.39 Å². The van der Waals surface area contributed by atoms with Gasteiger partial charge in [0, 0.05) is 5.56 Å². The van der Waals surface area contributed by atoms with Gasteiger partial charge in [0.15, 0.2) is 11.5 Å². The van der Waals surface area contributed by atoms with Crippen molar-refractivity contribution in [2.45, 2.75) is 32.4 Å². The van der Waals surface area contributed by atoms with Crippen molar-refractivity contribution < 1.29 is 28.6 Å². The average molecular weight is 375 g/mol. The zero-order valence-corrected chi connectivity index (χ0v) is 15.4. The Bertz CT molecular complexity index is 805. The molecule has 1 amide bonds. The normalized spacial score (nSPS) is 11.7.